The molecular formula is C24H30FN5O. The van der Waals surface area contributed by atoms with E-state index in [1.54, 1.807) is 12.1 Å². The Bertz CT molecular complexity index is 939. The van der Waals surface area contributed by atoms with Gasteiger partial charge in [0.1, 0.15) is 5.82 Å². The molecule has 31 heavy (non-hydrogen) atoms. The van der Waals surface area contributed by atoms with Crippen LogP contribution in [0.15, 0.2) is 30.5 Å². The summed E-state index contributed by atoms with van der Waals surface area (Å²) < 4.78 is 13.4. The van der Waals surface area contributed by atoms with Crippen molar-refractivity contribution in [1.82, 2.24) is 19.8 Å². The second-order valence-corrected chi connectivity index (χ2v) is 8.94. The highest BCUT2D eigenvalue weighted by Gasteiger charge is 2.29. The number of rotatable bonds is 4. The van der Waals surface area contributed by atoms with Crippen LogP contribution in [0, 0.1) is 5.82 Å². The van der Waals surface area contributed by atoms with Gasteiger partial charge in [0.15, 0.2) is 0 Å². The van der Waals surface area contributed by atoms with E-state index in [2.05, 4.69) is 14.8 Å². The molecule has 1 aliphatic carbocycles. The lowest BCUT2D eigenvalue weighted by Crippen LogP contribution is -2.52. The Hall–Kier alpha value is -2.54. The molecule has 2 aliphatic heterocycles. The Morgan fingerprint density at radius 2 is 1.87 bits per heavy atom. The Kier molecular flexibility index (Phi) is 5.85. The number of hydrogen-bond acceptors (Lipinski definition) is 5. The highest BCUT2D eigenvalue weighted by molar-refractivity contribution is 5.78. The van der Waals surface area contributed by atoms with Crippen molar-refractivity contribution in [3.05, 3.63) is 53.1 Å². The number of halogens is 1. The van der Waals surface area contributed by atoms with E-state index in [1.807, 2.05) is 11.1 Å². The summed E-state index contributed by atoms with van der Waals surface area (Å²) in [4.78, 5) is 29.1. The number of piperazine rings is 1. The van der Waals surface area contributed by atoms with Crippen molar-refractivity contribution in [2.75, 3.05) is 44.2 Å². The van der Waals surface area contributed by atoms with Gasteiger partial charge in [0.2, 0.25) is 11.9 Å². The summed E-state index contributed by atoms with van der Waals surface area (Å²) in [5.74, 6) is 0.565. The maximum atomic E-state index is 13.4. The van der Waals surface area contributed by atoms with Crippen LogP contribution in [0.25, 0.3) is 0 Å². The van der Waals surface area contributed by atoms with Gasteiger partial charge in [0.25, 0.3) is 0 Å². The molecule has 2 aromatic rings. The van der Waals surface area contributed by atoms with Crippen LogP contribution >= 0.6 is 0 Å². The van der Waals surface area contributed by atoms with Crippen LogP contribution in [0.5, 0.6) is 0 Å². The van der Waals surface area contributed by atoms with E-state index in [0.717, 1.165) is 67.8 Å². The van der Waals surface area contributed by atoms with E-state index < -0.39 is 0 Å². The van der Waals surface area contributed by atoms with Crippen LogP contribution in [0.1, 0.15) is 36.1 Å². The fourth-order valence-electron chi connectivity index (χ4n) is 4.84. The molecular weight excluding hydrogens is 393 g/mol. The molecule has 1 saturated heterocycles. The van der Waals surface area contributed by atoms with Crippen molar-refractivity contribution in [3.63, 3.8) is 0 Å². The molecule has 1 amide bonds. The third-order valence-electron chi connectivity index (χ3n) is 7.00. The first-order valence-corrected chi connectivity index (χ1v) is 11.5. The van der Waals surface area contributed by atoms with Gasteiger partial charge in [-0.1, -0.05) is 18.6 Å². The molecule has 164 valence electrons. The molecule has 3 aliphatic rings. The van der Waals surface area contributed by atoms with Crippen molar-refractivity contribution in [2.45, 2.75) is 44.6 Å². The van der Waals surface area contributed by atoms with Gasteiger partial charge in [-0.25, -0.2) is 14.4 Å². The molecule has 1 saturated carbocycles. The first kappa shape index (κ1) is 20.4. The molecule has 3 heterocycles. The summed E-state index contributed by atoms with van der Waals surface area (Å²) in [7, 11) is 0. The summed E-state index contributed by atoms with van der Waals surface area (Å²) in [5, 5.41) is 0. The molecule has 0 spiro atoms. The number of nitrogens with zero attached hydrogens (tertiary/aromatic N) is 5. The van der Waals surface area contributed by atoms with Crippen LogP contribution < -0.4 is 4.90 Å². The third kappa shape index (κ3) is 4.56. The lowest BCUT2D eigenvalue weighted by molar-refractivity contribution is -0.130. The number of hydrogen-bond donors (Lipinski definition) is 0. The topological polar surface area (TPSA) is 52.6 Å². The van der Waals surface area contributed by atoms with Crippen molar-refractivity contribution in [1.29, 1.82) is 0 Å². The van der Waals surface area contributed by atoms with E-state index in [0.29, 0.717) is 13.1 Å². The number of benzene rings is 1. The lowest BCUT2D eigenvalue weighted by atomic mass is 9.91. The molecule has 0 bridgehead atoms. The molecule has 6 nitrogen and oxygen atoms in total. The summed E-state index contributed by atoms with van der Waals surface area (Å²) in [6, 6.07) is 7.09. The summed E-state index contributed by atoms with van der Waals surface area (Å²) >= 11 is 0. The summed E-state index contributed by atoms with van der Waals surface area (Å²) in [6.45, 7) is 5.44. The van der Waals surface area contributed by atoms with Gasteiger partial charge >= 0.3 is 0 Å². The smallest absolute Gasteiger partial charge is 0.227 e. The highest BCUT2D eigenvalue weighted by atomic mass is 19.1. The van der Waals surface area contributed by atoms with Gasteiger partial charge in [0.05, 0.1) is 12.1 Å². The van der Waals surface area contributed by atoms with E-state index >= 15 is 0 Å². The Morgan fingerprint density at radius 3 is 2.61 bits per heavy atom. The van der Waals surface area contributed by atoms with Gasteiger partial charge in [0, 0.05) is 57.9 Å². The number of carbonyl (C=O) groups excluding carboxylic acids is 1. The molecule has 0 N–H and O–H groups in total. The Morgan fingerprint density at radius 1 is 1.06 bits per heavy atom. The maximum Gasteiger partial charge on any atom is 0.227 e. The van der Waals surface area contributed by atoms with E-state index in [9.17, 15) is 9.18 Å². The number of aromatic nitrogens is 2. The first-order valence-electron chi connectivity index (χ1n) is 11.5. The van der Waals surface area contributed by atoms with Crippen LogP contribution in [0.2, 0.25) is 0 Å². The zero-order chi connectivity index (χ0) is 21.2. The molecule has 0 unspecified atom stereocenters. The van der Waals surface area contributed by atoms with E-state index in [-0.39, 0.29) is 18.1 Å². The van der Waals surface area contributed by atoms with Gasteiger partial charge in [-0.3, -0.25) is 9.69 Å². The minimum absolute atomic E-state index is 0.0405. The van der Waals surface area contributed by atoms with Crippen molar-refractivity contribution >= 4 is 11.9 Å². The standard InChI is InChI=1S/C24H30FN5O/c25-20-4-1-3-18(15-20)16-23(31)29-9-7-19-17-26-24(27-22(19)8-10-29)30-13-11-28(12-14-30)21-5-2-6-21/h1,3-4,15,17,21H,2,5-14,16H2. The van der Waals surface area contributed by atoms with Gasteiger partial charge in [-0.15, -0.1) is 0 Å². The molecule has 1 aromatic heterocycles. The largest absolute Gasteiger partial charge is 0.342 e. The summed E-state index contributed by atoms with van der Waals surface area (Å²) in [5.41, 5.74) is 2.92. The normalized spacial score (nSPS) is 20.2. The van der Waals surface area contributed by atoms with Crippen molar-refractivity contribution in [3.8, 4) is 0 Å². The maximum absolute atomic E-state index is 13.4. The first-order chi connectivity index (χ1) is 15.2. The minimum Gasteiger partial charge on any atom is -0.342 e. The highest BCUT2D eigenvalue weighted by Crippen LogP contribution is 2.26. The SMILES string of the molecule is O=C(Cc1cccc(F)c1)N1CCc2cnc(N3CCN(C4CCC4)CC3)nc2CC1. The van der Waals surface area contributed by atoms with E-state index in [1.165, 1.54) is 31.4 Å². The second kappa shape index (κ2) is 8.91. The monoisotopic (exact) mass is 423 g/mol. The van der Waals surface area contributed by atoms with Crippen LogP contribution in [-0.2, 0) is 24.1 Å². The minimum atomic E-state index is -0.301. The van der Waals surface area contributed by atoms with Crippen LogP contribution in [0.3, 0.4) is 0 Å². The zero-order valence-corrected chi connectivity index (χ0v) is 18.0. The Labute approximate surface area is 183 Å². The molecule has 5 rings (SSSR count). The molecule has 7 heteroatoms. The fourth-order valence-corrected chi connectivity index (χ4v) is 4.84. The average molecular weight is 424 g/mol. The fraction of sp³-hybridized carbons (Fsp3) is 0.542. The van der Waals surface area contributed by atoms with Gasteiger partial charge in [-0.2, -0.15) is 0 Å². The Balaban J connectivity index is 1.20. The van der Waals surface area contributed by atoms with Crippen LogP contribution in [-0.4, -0.2) is 71.0 Å². The quantitative estimate of drug-likeness (QED) is 0.756. The van der Waals surface area contributed by atoms with Crippen molar-refractivity contribution < 1.29 is 9.18 Å². The predicted molar refractivity (Wildman–Crippen MR) is 118 cm³/mol. The van der Waals surface area contributed by atoms with Gasteiger partial charge in [-0.05, 0) is 42.5 Å². The van der Waals surface area contributed by atoms with Crippen molar-refractivity contribution in [2.24, 2.45) is 0 Å². The average Bonchev–Trinajstić information content (AvgIpc) is 2.95. The molecule has 2 fully saturated rings. The zero-order valence-electron chi connectivity index (χ0n) is 18.0. The van der Waals surface area contributed by atoms with Gasteiger partial charge < -0.3 is 9.80 Å². The number of amides is 1. The second-order valence-electron chi connectivity index (χ2n) is 8.94. The number of anilines is 1. The predicted octanol–water partition coefficient (Wildman–Crippen LogP) is 2.46. The number of fused-ring (bicyclic) bond motifs is 1. The lowest BCUT2D eigenvalue weighted by Gasteiger charge is -2.43. The van der Waals surface area contributed by atoms with Crippen LogP contribution in [0.4, 0.5) is 10.3 Å². The molecule has 0 radical (unpaired) electrons. The summed E-state index contributed by atoms with van der Waals surface area (Å²) in [6.07, 6.45) is 7.77. The van der Waals surface area contributed by atoms with E-state index in [4.69, 9.17) is 4.98 Å². The molecule has 1 aromatic carbocycles. The number of carbonyl (C=O) groups is 1. The molecule has 0 atom stereocenters. The third-order valence-corrected chi connectivity index (χ3v) is 7.00.